The van der Waals surface area contributed by atoms with Crippen LogP contribution in [-0.4, -0.2) is 25.4 Å². The molecule has 2 N–H and O–H groups in total. The van der Waals surface area contributed by atoms with E-state index in [0.717, 1.165) is 0 Å². The molecule has 0 fully saturated rings. The maximum Gasteiger partial charge on any atom is 0.244 e. The molecule has 5 heteroatoms. The van der Waals surface area contributed by atoms with Gasteiger partial charge in [-0.2, -0.15) is 0 Å². The highest BCUT2D eigenvalue weighted by Crippen LogP contribution is 2.04. The lowest BCUT2D eigenvalue weighted by atomic mass is 10.2. The Bertz CT molecular complexity index is 427. The molecule has 0 heterocycles. The minimum Gasteiger partial charge on any atom is -0.358 e. The Morgan fingerprint density at radius 1 is 1.29 bits per heavy atom. The van der Waals surface area contributed by atoms with Gasteiger partial charge < -0.3 is 10.6 Å². The first-order valence-electron chi connectivity index (χ1n) is 5.04. The first kappa shape index (κ1) is 12.9. The summed E-state index contributed by atoms with van der Waals surface area (Å²) < 4.78 is 12.6. The normalized spacial score (nSPS) is 10.2. The van der Waals surface area contributed by atoms with E-state index in [1.54, 1.807) is 18.2 Å². The zero-order chi connectivity index (χ0) is 12.7. The lowest BCUT2D eigenvalue weighted by Gasteiger charge is -2.00. The summed E-state index contributed by atoms with van der Waals surface area (Å²) >= 11 is 0. The molecule has 0 spiro atoms. The van der Waals surface area contributed by atoms with Crippen LogP contribution in [-0.2, 0) is 9.59 Å². The minimum absolute atomic E-state index is 0.0664. The van der Waals surface area contributed by atoms with E-state index < -0.39 is 0 Å². The van der Waals surface area contributed by atoms with Gasteiger partial charge in [0.1, 0.15) is 5.82 Å². The quantitative estimate of drug-likeness (QED) is 0.756. The first-order chi connectivity index (χ1) is 8.11. The number of hydrogen-bond acceptors (Lipinski definition) is 2. The van der Waals surface area contributed by atoms with Crippen LogP contribution in [0.3, 0.4) is 0 Å². The number of halogens is 1. The molecule has 0 aromatic heterocycles. The second kappa shape index (κ2) is 6.42. The molecular weight excluding hydrogens is 223 g/mol. The molecule has 2 amide bonds. The largest absolute Gasteiger partial charge is 0.358 e. The van der Waals surface area contributed by atoms with Crippen molar-refractivity contribution in [1.29, 1.82) is 0 Å². The summed E-state index contributed by atoms with van der Waals surface area (Å²) in [6, 6.07) is 5.72. The monoisotopic (exact) mass is 236 g/mol. The average molecular weight is 236 g/mol. The molecule has 0 aliphatic carbocycles. The van der Waals surface area contributed by atoms with Crippen LogP contribution in [0.25, 0.3) is 6.08 Å². The van der Waals surface area contributed by atoms with E-state index in [1.807, 2.05) is 0 Å². The van der Waals surface area contributed by atoms with Crippen LogP contribution in [0.15, 0.2) is 30.3 Å². The van der Waals surface area contributed by atoms with Crippen LogP contribution in [0, 0.1) is 5.82 Å². The van der Waals surface area contributed by atoms with Crippen molar-refractivity contribution in [3.8, 4) is 0 Å². The lowest BCUT2D eigenvalue weighted by molar-refractivity contribution is -0.123. The third kappa shape index (κ3) is 4.92. The van der Waals surface area contributed by atoms with Gasteiger partial charge in [0.2, 0.25) is 11.8 Å². The van der Waals surface area contributed by atoms with Gasteiger partial charge in [0.25, 0.3) is 0 Å². The fourth-order valence-electron chi connectivity index (χ4n) is 1.06. The molecule has 1 aromatic carbocycles. The van der Waals surface area contributed by atoms with E-state index in [9.17, 15) is 14.0 Å². The smallest absolute Gasteiger partial charge is 0.244 e. The predicted octanol–water partition coefficient (Wildman–Crippen LogP) is 0.701. The van der Waals surface area contributed by atoms with Gasteiger partial charge in [-0.05, 0) is 23.8 Å². The summed E-state index contributed by atoms with van der Waals surface area (Å²) in [5, 5.41) is 4.78. The third-order valence-corrected chi connectivity index (χ3v) is 2.00. The Labute approximate surface area is 98.5 Å². The lowest BCUT2D eigenvalue weighted by Crippen LogP contribution is -2.34. The number of carbonyl (C=O) groups excluding carboxylic acids is 2. The van der Waals surface area contributed by atoms with Crippen molar-refractivity contribution in [2.45, 2.75) is 0 Å². The SMILES string of the molecule is CNC(=O)CNC(=O)C=Cc1ccc(F)cc1. The number of hydrogen-bond donors (Lipinski definition) is 2. The number of benzene rings is 1. The standard InChI is InChI=1S/C12H13FN2O2/c1-14-12(17)8-15-11(16)7-4-9-2-5-10(13)6-3-9/h2-7H,8H2,1H3,(H,14,17)(H,15,16). The third-order valence-electron chi connectivity index (χ3n) is 2.00. The molecule has 4 nitrogen and oxygen atoms in total. The summed E-state index contributed by atoms with van der Waals surface area (Å²) in [5.74, 6) is -0.974. The number of likely N-dealkylation sites (N-methyl/N-ethyl adjacent to an activating group) is 1. The maximum absolute atomic E-state index is 12.6. The Morgan fingerprint density at radius 2 is 1.94 bits per heavy atom. The highest BCUT2D eigenvalue weighted by atomic mass is 19.1. The van der Waals surface area contributed by atoms with E-state index in [0.29, 0.717) is 5.56 Å². The van der Waals surface area contributed by atoms with Crippen molar-refractivity contribution in [1.82, 2.24) is 10.6 Å². The van der Waals surface area contributed by atoms with Crippen molar-refractivity contribution in [3.05, 3.63) is 41.7 Å². The van der Waals surface area contributed by atoms with E-state index in [2.05, 4.69) is 10.6 Å². The molecule has 0 saturated heterocycles. The Hall–Kier alpha value is -2.17. The molecule has 0 saturated carbocycles. The molecule has 17 heavy (non-hydrogen) atoms. The highest BCUT2D eigenvalue weighted by Gasteiger charge is 1.99. The molecular formula is C12H13FN2O2. The van der Waals surface area contributed by atoms with Crippen molar-refractivity contribution in [2.75, 3.05) is 13.6 Å². The fourth-order valence-corrected chi connectivity index (χ4v) is 1.06. The van der Waals surface area contributed by atoms with Crippen LogP contribution in [0.2, 0.25) is 0 Å². The summed E-state index contributed by atoms with van der Waals surface area (Å²) in [6.07, 6.45) is 2.83. The van der Waals surface area contributed by atoms with Gasteiger partial charge >= 0.3 is 0 Å². The minimum atomic E-state index is -0.377. The second-order valence-corrected chi connectivity index (χ2v) is 3.28. The summed E-state index contributed by atoms with van der Waals surface area (Å²) in [7, 11) is 1.49. The van der Waals surface area contributed by atoms with Crippen LogP contribution in [0.1, 0.15) is 5.56 Å². The van der Waals surface area contributed by atoms with E-state index in [1.165, 1.54) is 25.3 Å². The Morgan fingerprint density at radius 3 is 2.53 bits per heavy atom. The molecule has 0 aliphatic rings. The van der Waals surface area contributed by atoms with Crippen molar-refractivity contribution in [2.24, 2.45) is 0 Å². The summed E-state index contributed by atoms with van der Waals surface area (Å²) in [6.45, 7) is -0.0664. The van der Waals surface area contributed by atoms with E-state index >= 15 is 0 Å². The van der Waals surface area contributed by atoms with Crippen molar-refractivity contribution in [3.63, 3.8) is 0 Å². The number of amides is 2. The summed E-state index contributed by atoms with van der Waals surface area (Å²) in [4.78, 5) is 22.1. The van der Waals surface area contributed by atoms with E-state index in [4.69, 9.17) is 0 Å². The topological polar surface area (TPSA) is 58.2 Å². The van der Waals surface area contributed by atoms with Crippen LogP contribution >= 0.6 is 0 Å². The average Bonchev–Trinajstić information content (AvgIpc) is 2.35. The molecule has 0 radical (unpaired) electrons. The van der Waals surface area contributed by atoms with Gasteiger partial charge in [0.05, 0.1) is 6.54 Å². The molecule has 0 unspecified atom stereocenters. The zero-order valence-corrected chi connectivity index (χ0v) is 9.37. The zero-order valence-electron chi connectivity index (χ0n) is 9.37. The molecule has 1 aromatic rings. The maximum atomic E-state index is 12.6. The number of rotatable bonds is 4. The van der Waals surface area contributed by atoms with Crippen LogP contribution < -0.4 is 10.6 Å². The molecule has 0 atom stereocenters. The van der Waals surface area contributed by atoms with Crippen molar-refractivity contribution >= 4 is 17.9 Å². The van der Waals surface area contributed by atoms with E-state index in [-0.39, 0.29) is 24.2 Å². The summed E-state index contributed by atoms with van der Waals surface area (Å²) in [5.41, 5.74) is 0.710. The first-order valence-corrected chi connectivity index (χ1v) is 5.04. The van der Waals surface area contributed by atoms with Gasteiger partial charge in [-0.15, -0.1) is 0 Å². The van der Waals surface area contributed by atoms with Gasteiger partial charge in [-0.25, -0.2) is 4.39 Å². The van der Waals surface area contributed by atoms with Gasteiger partial charge in [-0.1, -0.05) is 12.1 Å². The molecule has 1 rings (SSSR count). The van der Waals surface area contributed by atoms with Crippen molar-refractivity contribution < 1.29 is 14.0 Å². The van der Waals surface area contributed by atoms with Gasteiger partial charge in [0, 0.05) is 13.1 Å². The highest BCUT2D eigenvalue weighted by molar-refractivity contribution is 5.94. The number of carbonyl (C=O) groups is 2. The second-order valence-electron chi connectivity index (χ2n) is 3.28. The van der Waals surface area contributed by atoms with Crippen LogP contribution in [0.5, 0.6) is 0 Å². The molecule has 0 aliphatic heterocycles. The molecule has 90 valence electrons. The molecule has 0 bridgehead atoms. The Balaban J connectivity index is 2.45. The van der Waals surface area contributed by atoms with Gasteiger partial charge in [0.15, 0.2) is 0 Å². The fraction of sp³-hybridized carbons (Fsp3) is 0.167. The van der Waals surface area contributed by atoms with Gasteiger partial charge in [-0.3, -0.25) is 9.59 Å². The predicted molar refractivity (Wildman–Crippen MR) is 62.5 cm³/mol. The number of nitrogens with one attached hydrogen (secondary N) is 2. The van der Waals surface area contributed by atoms with Crippen LogP contribution in [0.4, 0.5) is 4.39 Å². The Kier molecular flexibility index (Phi) is 4.87.